The molecule has 0 saturated carbocycles. The summed E-state index contributed by atoms with van der Waals surface area (Å²) in [4.78, 5) is 41.4. The van der Waals surface area contributed by atoms with Crippen molar-refractivity contribution in [1.82, 2.24) is 9.55 Å². The van der Waals surface area contributed by atoms with Crippen molar-refractivity contribution in [2.24, 2.45) is 0 Å². The monoisotopic (exact) mass is 446 g/mol. The number of amides is 1. The third-order valence-electron chi connectivity index (χ3n) is 4.65. The highest BCUT2D eigenvalue weighted by Gasteiger charge is 2.27. The van der Waals surface area contributed by atoms with Crippen LogP contribution in [0.25, 0.3) is 11.3 Å². The van der Waals surface area contributed by atoms with Gasteiger partial charge in [-0.1, -0.05) is 30.7 Å². The molecule has 0 aliphatic heterocycles. The predicted molar refractivity (Wildman–Crippen MR) is 119 cm³/mol. The van der Waals surface area contributed by atoms with Crippen LogP contribution in [0.1, 0.15) is 23.9 Å². The minimum Gasteiger partial charge on any atom is -0.451 e. The number of nitrogen functional groups attached to an aromatic ring is 1. The summed E-state index contributed by atoms with van der Waals surface area (Å²) in [5.41, 5.74) is 5.23. The van der Waals surface area contributed by atoms with Gasteiger partial charge in [-0.05, 0) is 30.7 Å². The average Bonchev–Trinajstić information content (AvgIpc) is 3.23. The fraction of sp³-hybridized carbons (Fsp3) is 0.286. The molecular weight excluding hydrogens is 424 g/mol. The molecule has 0 bridgehead atoms. The van der Waals surface area contributed by atoms with Crippen LogP contribution >= 0.6 is 11.6 Å². The minimum absolute atomic E-state index is 0.0157. The van der Waals surface area contributed by atoms with Crippen molar-refractivity contribution in [2.75, 3.05) is 30.9 Å². The molecule has 0 fully saturated rings. The lowest BCUT2D eigenvalue weighted by Crippen LogP contribution is -2.42. The second-order valence-electron chi connectivity index (χ2n) is 6.74. The maximum Gasteiger partial charge on any atom is 0.330 e. The third-order valence-corrected chi connectivity index (χ3v) is 4.98. The number of nitrogens with two attached hydrogens (primary N) is 1. The number of nitrogens with one attached hydrogen (secondary N) is 1. The molecule has 0 saturated heterocycles. The predicted octanol–water partition coefficient (Wildman–Crippen LogP) is 2.74. The number of methoxy groups -OCH3 is 1. The molecule has 2 aromatic heterocycles. The van der Waals surface area contributed by atoms with Gasteiger partial charge in [-0.3, -0.25) is 24.0 Å². The summed E-state index contributed by atoms with van der Waals surface area (Å²) in [7, 11) is 1.47. The van der Waals surface area contributed by atoms with Crippen LogP contribution in [0, 0.1) is 0 Å². The number of aromatic amines is 1. The number of aromatic nitrogens is 2. The summed E-state index contributed by atoms with van der Waals surface area (Å²) in [6.45, 7) is 2.31. The first-order chi connectivity index (χ1) is 14.9. The first kappa shape index (κ1) is 22.4. The molecule has 3 N–H and O–H groups in total. The number of ether oxygens (including phenoxy) is 1. The van der Waals surface area contributed by atoms with Gasteiger partial charge in [0.1, 0.15) is 11.6 Å². The van der Waals surface area contributed by atoms with Crippen LogP contribution in [-0.2, 0) is 11.3 Å². The lowest BCUT2D eigenvalue weighted by molar-refractivity contribution is 0.0949. The Morgan fingerprint density at radius 1 is 1.26 bits per heavy atom. The number of halogens is 1. The molecule has 9 nitrogen and oxygen atoms in total. The molecule has 1 aromatic carbocycles. The Balaban J connectivity index is 2.06. The molecule has 3 rings (SSSR count). The molecule has 0 unspecified atom stereocenters. The summed E-state index contributed by atoms with van der Waals surface area (Å²) < 4.78 is 12.0. The average molecular weight is 447 g/mol. The van der Waals surface area contributed by atoms with Gasteiger partial charge in [-0.15, -0.1) is 0 Å². The van der Waals surface area contributed by atoms with E-state index in [1.165, 1.54) is 17.7 Å². The Kier molecular flexibility index (Phi) is 6.98. The van der Waals surface area contributed by atoms with Gasteiger partial charge in [0.2, 0.25) is 0 Å². The van der Waals surface area contributed by atoms with Crippen LogP contribution < -0.4 is 21.9 Å². The second-order valence-corrected chi connectivity index (χ2v) is 7.15. The summed E-state index contributed by atoms with van der Waals surface area (Å²) in [5.74, 6) is -0.316. The quantitative estimate of drug-likeness (QED) is 0.548. The molecule has 3 aromatic rings. The molecule has 0 spiro atoms. The van der Waals surface area contributed by atoms with Crippen molar-refractivity contribution in [3.63, 3.8) is 0 Å². The standard InChI is InChI=1S/C21H23ClN4O5/c1-3-10-26-18(23)17(19(27)24-21(26)29)25(11-12-30-2)20(28)16-9-8-15(31-16)13-6-4-5-7-14(13)22/h4-9H,3,10-12,23H2,1-2H3,(H,24,27,29). The van der Waals surface area contributed by atoms with E-state index in [0.717, 1.165) is 4.90 Å². The normalized spacial score (nSPS) is 10.9. The molecule has 0 aliphatic carbocycles. The second kappa shape index (κ2) is 9.67. The molecule has 10 heteroatoms. The van der Waals surface area contributed by atoms with E-state index in [0.29, 0.717) is 22.8 Å². The van der Waals surface area contributed by atoms with Crippen molar-refractivity contribution in [1.29, 1.82) is 0 Å². The van der Waals surface area contributed by atoms with Crippen molar-refractivity contribution in [2.45, 2.75) is 19.9 Å². The van der Waals surface area contributed by atoms with Gasteiger partial charge < -0.3 is 14.9 Å². The van der Waals surface area contributed by atoms with Gasteiger partial charge in [-0.2, -0.15) is 0 Å². The lowest BCUT2D eigenvalue weighted by Gasteiger charge is -2.23. The minimum atomic E-state index is -0.766. The number of H-pyrrole nitrogens is 1. The Morgan fingerprint density at radius 2 is 2.00 bits per heavy atom. The maximum atomic E-state index is 13.3. The van der Waals surface area contributed by atoms with Gasteiger partial charge in [-0.25, -0.2) is 4.79 Å². The van der Waals surface area contributed by atoms with E-state index in [2.05, 4.69) is 4.98 Å². The lowest BCUT2D eigenvalue weighted by atomic mass is 10.2. The van der Waals surface area contributed by atoms with E-state index >= 15 is 0 Å². The number of anilines is 2. The zero-order valence-electron chi connectivity index (χ0n) is 17.2. The highest BCUT2D eigenvalue weighted by Crippen LogP contribution is 2.30. The van der Waals surface area contributed by atoms with Crippen molar-refractivity contribution < 1.29 is 13.9 Å². The van der Waals surface area contributed by atoms with Crippen LogP contribution in [0.15, 0.2) is 50.4 Å². The molecule has 2 heterocycles. The molecule has 164 valence electrons. The largest absolute Gasteiger partial charge is 0.451 e. The summed E-state index contributed by atoms with van der Waals surface area (Å²) in [5, 5.41) is 0.472. The van der Waals surface area contributed by atoms with Crippen LogP contribution in [-0.4, -0.2) is 35.7 Å². The van der Waals surface area contributed by atoms with E-state index < -0.39 is 17.2 Å². The topological polar surface area (TPSA) is 124 Å². The molecule has 0 atom stereocenters. The van der Waals surface area contributed by atoms with Crippen LogP contribution in [0.5, 0.6) is 0 Å². The Bertz CT molecular complexity index is 1200. The smallest absolute Gasteiger partial charge is 0.330 e. The van der Waals surface area contributed by atoms with Crippen LogP contribution in [0.4, 0.5) is 11.5 Å². The third kappa shape index (κ3) is 4.57. The van der Waals surface area contributed by atoms with E-state index in [1.54, 1.807) is 30.3 Å². The number of benzene rings is 1. The Morgan fingerprint density at radius 3 is 2.68 bits per heavy atom. The molecule has 31 heavy (non-hydrogen) atoms. The number of hydrogen-bond donors (Lipinski definition) is 2. The Hall–Kier alpha value is -3.30. The number of nitrogens with zero attached hydrogens (tertiary/aromatic N) is 2. The molecular formula is C21H23ClN4O5. The fourth-order valence-electron chi connectivity index (χ4n) is 3.17. The first-order valence-corrected chi connectivity index (χ1v) is 10.0. The highest BCUT2D eigenvalue weighted by molar-refractivity contribution is 6.33. The van der Waals surface area contributed by atoms with Gasteiger partial charge in [0.25, 0.3) is 11.5 Å². The van der Waals surface area contributed by atoms with E-state index in [9.17, 15) is 14.4 Å². The van der Waals surface area contributed by atoms with Crippen LogP contribution in [0.2, 0.25) is 5.02 Å². The summed E-state index contributed by atoms with van der Waals surface area (Å²) in [6.07, 6.45) is 0.612. The molecule has 0 aliphatic rings. The van der Waals surface area contributed by atoms with Crippen molar-refractivity contribution >= 4 is 29.0 Å². The number of carbonyl (C=O) groups is 1. The Labute approximate surface area is 183 Å². The zero-order chi connectivity index (χ0) is 22.5. The van der Waals surface area contributed by atoms with E-state index in [-0.39, 0.29) is 37.0 Å². The van der Waals surface area contributed by atoms with Crippen molar-refractivity contribution in [3.8, 4) is 11.3 Å². The number of carbonyl (C=O) groups excluding carboxylic acids is 1. The van der Waals surface area contributed by atoms with E-state index in [1.807, 2.05) is 6.92 Å². The van der Waals surface area contributed by atoms with Crippen molar-refractivity contribution in [3.05, 3.63) is 68.0 Å². The molecule has 1 amide bonds. The van der Waals surface area contributed by atoms with Gasteiger partial charge >= 0.3 is 5.69 Å². The molecule has 0 radical (unpaired) electrons. The van der Waals surface area contributed by atoms with Gasteiger partial charge in [0, 0.05) is 19.2 Å². The van der Waals surface area contributed by atoms with Gasteiger partial charge in [0.05, 0.1) is 18.2 Å². The highest BCUT2D eigenvalue weighted by atomic mass is 35.5. The number of hydrogen-bond acceptors (Lipinski definition) is 6. The number of furan rings is 1. The summed E-state index contributed by atoms with van der Waals surface area (Å²) >= 11 is 6.21. The SMILES string of the molecule is CCCn1c(N)c(N(CCOC)C(=O)c2ccc(-c3ccccc3Cl)o2)c(=O)[nH]c1=O. The van der Waals surface area contributed by atoms with Crippen LogP contribution in [0.3, 0.4) is 0 Å². The first-order valence-electron chi connectivity index (χ1n) is 9.67. The summed E-state index contributed by atoms with van der Waals surface area (Å²) in [6, 6.07) is 10.2. The number of rotatable bonds is 8. The fourth-order valence-corrected chi connectivity index (χ4v) is 3.40. The maximum absolute atomic E-state index is 13.3. The zero-order valence-corrected chi connectivity index (χ0v) is 17.9. The van der Waals surface area contributed by atoms with Gasteiger partial charge in [0.15, 0.2) is 11.4 Å². The van der Waals surface area contributed by atoms with E-state index in [4.69, 9.17) is 26.5 Å².